The van der Waals surface area contributed by atoms with Crippen LogP contribution in [0, 0.1) is 13.8 Å². The largest absolute Gasteiger partial charge is 0.309 e. The van der Waals surface area contributed by atoms with Gasteiger partial charge in [0.05, 0.1) is 0 Å². The van der Waals surface area contributed by atoms with Gasteiger partial charge in [-0.2, -0.15) is 0 Å². The highest BCUT2D eigenvalue weighted by molar-refractivity contribution is 5.48. The second-order valence-corrected chi connectivity index (χ2v) is 7.41. The van der Waals surface area contributed by atoms with Gasteiger partial charge in [0.15, 0.2) is 0 Å². The molecule has 0 unspecified atom stereocenters. The predicted octanol–water partition coefficient (Wildman–Crippen LogP) is 4.35. The van der Waals surface area contributed by atoms with Crippen molar-refractivity contribution in [3.63, 3.8) is 0 Å². The lowest BCUT2D eigenvalue weighted by Gasteiger charge is -2.36. The molecular weight excluding hydrogens is 348 g/mol. The summed E-state index contributed by atoms with van der Waals surface area (Å²) in [4.78, 5) is 20.1. The zero-order valence-electron chi connectivity index (χ0n) is 16.5. The number of aromatic nitrogens is 4. The third-order valence-electron chi connectivity index (χ3n) is 5.14. The Labute approximate surface area is 166 Å². The van der Waals surface area contributed by atoms with E-state index < -0.39 is 0 Å². The molecule has 0 bridgehead atoms. The average molecular weight is 374 g/mol. The lowest BCUT2D eigenvalue weighted by Crippen LogP contribution is -2.33. The van der Waals surface area contributed by atoms with Gasteiger partial charge < -0.3 is 5.32 Å². The van der Waals surface area contributed by atoms with Crippen LogP contribution in [0.4, 0.5) is 11.8 Å². The number of nitrogens with one attached hydrogen (secondary N) is 1. The standard InChI is InChI=1S/C22H26N6/c1-16-13-17(2)26-22(25-16)27-21-7-6-19(14-24-21)20-5-3-4-12-28(20)15-18-8-10-23-11-9-18/h6-11,13-14,20H,3-5,12,15H2,1-2H3,(H,24,25,26,27)/t20-/m0/s1. The summed E-state index contributed by atoms with van der Waals surface area (Å²) in [5.74, 6) is 1.36. The summed E-state index contributed by atoms with van der Waals surface area (Å²) >= 11 is 0. The lowest BCUT2D eigenvalue weighted by atomic mass is 9.96. The Morgan fingerprint density at radius 2 is 1.82 bits per heavy atom. The number of aryl methyl sites for hydroxylation is 2. The van der Waals surface area contributed by atoms with Crippen molar-refractivity contribution in [3.05, 3.63) is 71.4 Å². The Balaban J connectivity index is 1.48. The van der Waals surface area contributed by atoms with Crippen molar-refractivity contribution in [2.75, 3.05) is 11.9 Å². The minimum Gasteiger partial charge on any atom is -0.309 e. The van der Waals surface area contributed by atoms with Crippen molar-refractivity contribution >= 4 is 11.8 Å². The third-order valence-corrected chi connectivity index (χ3v) is 5.14. The fourth-order valence-electron chi connectivity index (χ4n) is 3.85. The Bertz CT molecular complexity index is 890. The van der Waals surface area contributed by atoms with Gasteiger partial charge in [-0.3, -0.25) is 9.88 Å². The molecule has 1 saturated heterocycles. The van der Waals surface area contributed by atoms with Crippen molar-refractivity contribution < 1.29 is 0 Å². The van der Waals surface area contributed by atoms with Gasteiger partial charge in [-0.15, -0.1) is 0 Å². The van der Waals surface area contributed by atoms with E-state index in [1.165, 1.54) is 30.4 Å². The van der Waals surface area contributed by atoms with Crippen LogP contribution in [0.2, 0.25) is 0 Å². The molecular formula is C22H26N6. The second-order valence-electron chi connectivity index (χ2n) is 7.41. The quantitative estimate of drug-likeness (QED) is 0.716. The van der Waals surface area contributed by atoms with Gasteiger partial charge in [0, 0.05) is 42.6 Å². The monoisotopic (exact) mass is 374 g/mol. The summed E-state index contributed by atoms with van der Waals surface area (Å²) in [6.45, 7) is 6.00. The van der Waals surface area contributed by atoms with Crippen molar-refractivity contribution in [1.82, 2.24) is 24.8 Å². The van der Waals surface area contributed by atoms with E-state index >= 15 is 0 Å². The Morgan fingerprint density at radius 1 is 1.04 bits per heavy atom. The molecule has 1 fully saturated rings. The first-order valence-corrected chi connectivity index (χ1v) is 9.85. The molecule has 0 saturated carbocycles. The van der Waals surface area contributed by atoms with Gasteiger partial charge in [-0.05, 0) is 68.6 Å². The van der Waals surface area contributed by atoms with Gasteiger partial charge in [0.25, 0.3) is 0 Å². The fourth-order valence-corrected chi connectivity index (χ4v) is 3.85. The number of likely N-dealkylation sites (tertiary alicyclic amines) is 1. The highest BCUT2D eigenvalue weighted by atomic mass is 15.2. The minimum absolute atomic E-state index is 0.404. The van der Waals surface area contributed by atoms with Crippen molar-refractivity contribution in [2.24, 2.45) is 0 Å². The average Bonchev–Trinajstić information content (AvgIpc) is 2.69. The molecule has 0 spiro atoms. The molecule has 4 rings (SSSR count). The van der Waals surface area contributed by atoms with Crippen LogP contribution in [0.3, 0.4) is 0 Å². The van der Waals surface area contributed by atoms with E-state index in [0.717, 1.165) is 30.3 Å². The molecule has 28 heavy (non-hydrogen) atoms. The molecule has 0 aromatic carbocycles. The zero-order valence-corrected chi connectivity index (χ0v) is 16.5. The van der Waals surface area contributed by atoms with Crippen molar-refractivity contribution in [2.45, 2.75) is 45.7 Å². The van der Waals surface area contributed by atoms with Crippen LogP contribution >= 0.6 is 0 Å². The SMILES string of the molecule is Cc1cc(C)nc(Nc2ccc([C@@H]3CCCCN3Cc3ccncc3)cn2)n1. The van der Waals surface area contributed by atoms with Crippen LogP contribution in [0.5, 0.6) is 0 Å². The first-order chi connectivity index (χ1) is 13.7. The highest BCUT2D eigenvalue weighted by Gasteiger charge is 2.24. The summed E-state index contributed by atoms with van der Waals surface area (Å²) in [6.07, 6.45) is 9.39. The number of piperidine rings is 1. The smallest absolute Gasteiger partial charge is 0.228 e. The Hall–Kier alpha value is -2.86. The Kier molecular flexibility index (Phi) is 5.58. The molecule has 1 N–H and O–H groups in total. The van der Waals surface area contributed by atoms with E-state index in [-0.39, 0.29) is 0 Å². The van der Waals surface area contributed by atoms with E-state index in [0.29, 0.717) is 12.0 Å². The maximum Gasteiger partial charge on any atom is 0.228 e. The number of hydrogen-bond donors (Lipinski definition) is 1. The van der Waals surface area contributed by atoms with E-state index in [9.17, 15) is 0 Å². The molecule has 0 radical (unpaired) electrons. The number of anilines is 2. The summed E-state index contributed by atoms with van der Waals surface area (Å²) in [5, 5.41) is 3.21. The van der Waals surface area contributed by atoms with Crippen LogP contribution in [0.1, 0.15) is 47.8 Å². The van der Waals surface area contributed by atoms with Crippen LogP contribution in [-0.4, -0.2) is 31.4 Å². The molecule has 3 aromatic rings. The van der Waals surface area contributed by atoms with Gasteiger partial charge in [0.1, 0.15) is 5.82 Å². The van der Waals surface area contributed by atoms with Crippen molar-refractivity contribution in [1.29, 1.82) is 0 Å². The summed E-state index contributed by atoms with van der Waals surface area (Å²) in [5.41, 5.74) is 4.46. The second kappa shape index (κ2) is 8.44. The van der Waals surface area contributed by atoms with Crippen LogP contribution in [0.25, 0.3) is 0 Å². The maximum atomic E-state index is 4.62. The molecule has 1 aliphatic rings. The molecule has 1 atom stereocenters. The first kappa shape index (κ1) is 18.5. The van der Waals surface area contributed by atoms with E-state index in [1.54, 1.807) is 0 Å². The predicted molar refractivity (Wildman–Crippen MR) is 110 cm³/mol. The summed E-state index contributed by atoms with van der Waals surface area (Å²) < 4.78 is 0. The number of pyridine rings is 2. The number of rotatable bonds is 5. The molecule has 4 heterocycles. The topological polar surface area (TPSA) is 66.8 Å². The van der Waals surface area contributed by atoms with Crippen LogP contribution < -0.4 is 5.32 Å². The number of nitrogens with zero attached hydrogens (tertiary/aromatic N) is 5. The van der Waals surface area contributed by atoms with Crippen LogP contribution in [-0.2, 0) is 6.54 Å². The van der Waals surface area contributed by atoms with E-state index in [4.69, 9.17) is 0 Å². The summed E-state index contributed by atoms with van der Waals surface area (Å²) in [7, 11) is 0. The molecule has 3 aromatic heterocycles. The fraction of sp³-hybridized carbons (Fsp3) is 0.364. The van der Waals surface area contributed by atoms with Gasteiger partial charge >= 0.3 is 0 Å². The molecule has 0 amide bonds. The molecule has 6 nitrogen and oxygen atoms in total. The van der Waals surface area contributed by atoms with Crippen LogP contribution in [0.15, 0.2) is 48.9 Å². The minimum atomic E-state index is 0.404. The van der Waals surface area contributed by atoms with E-state index in [1.807, 2.05) is 44.6 Å². The van der Waals surface area contributed by atoms with Gasteiger partial charge in [-0.25, -0.2) is 15.0 Å². The molecule has 6 heteroatoms. The van der Waals surface area contributed by atoms with E-state index in [2.05, 4.69) is 48.4 Å². The molecule has 1 aliphatic heterocycles. The van der Waals surface area contributed by atoms with Gasteiger partial charge in [-0.1, -0.05) is 12.5 Å². The normalized spacial score (nSPS) is 17.4. The Morgan fingerprint density at radius 3 is 2.54 bits per heavy atom. The zero-order chi connectivity index (χ0) is 19.3. The maximum absolute atomic E-state index is 4.62. The molecule has 144 valence electrons. The van der Waals surface area contributed by atoms with Gasteiger partial charge in [0.2, 0.25) is 5.95 Å². The summed E-state index contributed by atoms with van der Waals surface area (Å²) in [6, 6.07) is 10.8. The lowest BCUT2D eigenvalue weighted by molar-refractivity contribution is 0.140. The first-order valence-electron chi connectivity index (χ1n) is 9.85. The molecule has 0 aliphatic carbocycles. The van der Waals surface area contributed by atoms with Crippen molar-refractivity contribution in [3.8, 4) is 0 Å². The third kappa shape index (κ3) is 4.51. The highest BCUT2D eigenvalue weighted by Crippen LogP contribution is 2.32. The number of hydrogen-bond acceptors (Lipinski definition) is 6.